The Morgan fingerprint density at radius 3 is 2.68 bits per heavy atom. The van der Waals surface area contributed by atoms with Crippen LogP contribution in [0.5, 0.6) is 0 Å². The molecule has 5 rings (SSSR count). The molecule has 28 heavy (non-hydrogen) atoms. The van der Waals surface area contributed by atoms with Gasteiger partial charge in [0.15, 0.2) is 10.6 Å². The maximum atomic E-state index is 14.5. The van der Waals surface area contributed by atoms with Gasteiger partial charge < -0.3 is 4.90 Å². The lowest BCUT2D eigenvalue weighted by molar-refractivity contribution is 0.515. The third-order valence-corrected chi connectivity index (χ3v) is 5.73. The number of hydrogen-bond donors (Lipinski definition) is 0. The van der Waals surface area contributed by atoms with Crippen molar-refractivity contribution >= 4 is 17.9 Å². The summed E-state index contributed by atoms with van der Waals surface area (Å²) in [5.74, 6) is -0.253. The van der Waals surface area contributed by atoms with Gasteiger partial charge in [-0.15, -0.1) is 5.10 Å². The molecular weight excluding hydrogens is 380 g/mol. The summed E-state index contributed by atoms with van der Waals surface area (Å²) in [4.78, 5) is 5.98. The van der Waals surface area contributed by atoms with E-state index in [0.29, 0.717) is 41.7 Å². The Kier molecular flexibility index (Phi) is 4.23. The maximum absolute atomic E-state index is 14.5. The minimum atomic E-state index is -0.535. The van der Waals surface area contributed by atoms with Crippen molar-refractivity contribution in [3.8, 4) is 11.4 Å². The van der Waals surface area contributed by atoms with Gasteiger partial charge in [-0.25, -0.2) is 13.5 Å². The molecule has 1 saturated carbocycles. The second-order valence-corrected chi connectivity index (χ2v) is 7.71. The van der Waals surface area contributed by atoms with E-state index < -0.39 is 11.6 Å². The molecule has 2 aliphatic rings. The molecule has 0 radical (unpaired) electrons. The highest BCUT2D eigenvalue weighted by Crippen LogP contribution is 2.39. The number of aryl methyl sites for hydroxylation is 1. The van der Waals surface area contributed by atoms with E-state index >= 15 is 0 Å². The molecule has 3 heterocycles. The van der Waals surface area contributed by atoms with Crippen LogP contribution < -0.4 is 4.90 Å². The number of halogens is 2. The molecule has 1 aromatic carbocycles. The molecule has 0 unspecified atom stereocenters. The van der Waals surface area contributed by atoms with Crippen LogP contribution in [0.1, 0.15) is 30.9 Å². The molecule has 0 amide bonds. The van der Waals surface area contributed by atoms with E-state index in [-0.39, 0.29) is 0 Å². The van der Waals surface area contributed by atoms with Crippen LogP contribution in [0.25, 0.3) is 11.4 Å². The number of anilines is 1. The molecule has 1 aliphatic carbocycles. The van der Waals surface area contributed by atoms with E-state index in [1.807, 2.05) is 17.0 Å². The van der Waals surface area contributed by atoms with Gasteiger partial charge in [0.1, 0.15) is 18.3 Å². The second kappa shape index (κ2) is 6.77. The topological polar surface area (TPSA) is 38.9 Å². The first-order valence-corrected chi connectivity index (χ1v) is 9.85. The van der Waals surface area contributed by atoms with Crippen molar-refractivity contribution in [1.29, 1.82) is 0 Å². The molecule has 0 spiro atoms. The number of pyridine rings is 1. The van der Waals surface area contributed by atoms with Crippen LogP contribution in [0.4, 0.5) is 14.5 Å². The number of nitrogens with zero attached hydrogens (tertiary/aromatic N) is 5. The average molecular weight is 399 g/mol. The zero-order valence-corrected chi connectivity index (χ0v) is 16.0. The third-order valence-electron chi connectivity index (χ3n) is 5.32. The summed E-state index contributed by atoms with van der Waals surface area (Å²) in [5.41, 5.74) is 2.12. The van der Waals surface area contributed by atoms with E-state index in [4.69, 9.17) is 17.3 Å². The lowest BCUT2D eigenvalue weighted by Gasteiger charge is -2.31. The smallest absolute Gasteiger partial charge is 0.200 e. The predicted octanol–water partition coefficient (Wildman–Crippen LogP) is 4.50. The van der Waals surface area contributed by atoms with Crippen molar-refractivity contribution in [2.24, 2.45) is 0 Å². The number of hydrogen-bond acceptors (Lipinski definition) is 4. The molecular formula is C20H19F2N5S. The monoisotopic (exact) mass is 399 g/mol. The van der Waals surface area contributed by atoms with E-state index in [2.05, 4.69) is 9.55 Å². The predicted molar refractivity (Wildman–Crippen MR) is 105 cm³/mol. The molecule has 0 atom stereocenters. The first-order valence-electron chi connectivity index (χ1n) is 9.44. The average Bonchev–Trinajstić information content (AvgIpc) is 3.47. The Morgan fingerprint density at radius 1 is 1.14 bits per heavy atom. The SMILES string of the molecule is Fc1cc(F)c2c(c1)CCCN2Cn1nc(-c2ccncc2)n(C2CC2)c1=S. The fourth-order valence-electron chi connectivity index (χ4n) is 3.91. The van der Waals surface area contributed by atoms with Gasteiger partial charge in [0.25, 0.3) is 0 Å². The zero-order valence-electron chi connectivity index (χ0n) is 15.2. The van der Waals surface area contributed by atoms with Crippen molar-refractivity contribution in [2.75, 3.05) is 11.4 Å². The molecule has 0 saturated heterocycles. The van der Waals surface area contributed by atoms with Crippen molar-refractivity contribution in [1.82, 2.24) is 19.3 Å². The number of aromatic nitrogens is 4. The van der Waals surface area contributed by atoms with Gasteiger partial charge in [0, 0.05) is 36.6 Å². The van der Waals surface area contributed by atoms with E-state index in [1.54, 1.807) is 17.1 Å². The summed E-state index contributed by atoms with van der Waals surface area (Å²) < 4.78 is 32.6. The fourth-order valence-corrected chi connectivity index (χ4v) is 4.25. The molecule has 1 aliphatic heterocycles. The largest absolute Gasteiger partial charge is 0.349 e. The van der Waals surface area contributed by atoms with Gasteiger partial charge in [0.2, 0.25) is 0 Å². The first-order chi connectivity index (χ1) is 13.6. The van der Waals surface area contributed by atoms with Gasteiger partial charge in [-0.3, -0.25) is 9.55 Å². The summed E-state index contributed by atoms with van der Waals surface area (Å²) in [6, 6.07) is 6.57. The molecule has 2 aromatic heterocycles. The van der Waals surface area contributed by atoms with Crippen LogP contribution in [-0.4, -0.2) is 25.9 Å². The van der Waals surface area contributed by atoms with Crippen LogP contribution in [0.3, 0.4) is 0 Å². The van der Waals surface area contributed by atoms with Gasteiger partial charge >= 0.3 is 0 Å². The van der Waals surface area contributed by atoms with E-state index in [0.717, 1.165) is 36.7 Å². The van der Waals surface area contributed by atoms with Gasteiger partial charge in [0.05, 0.1) is 5.69 Å². The van der Waals surface area contributed by atoms with Crippen LogP contribution in [0.15, 0.2) is 36.7 Å². The first kappa shape index (κ1) is 17.5. The third kappa shape index (κ3) is 3.01. The highest BCUT2D eigenvalue weighted by Gasteiger charge is 2.30. The molecule has 0 N–H and O–H groups in total. The summed E-state index contributed by atoms with van der Waals surface area (Å²) in [7, 11) is 0. The normalized spacial score (nSPS) is 16.3. The number of fused-ring (bicyclic) bond motifs is 1. The molecule has 1 fully saturated rings. The highest BCUT2D eigenvalue weighted by atomic mass is 32.1. The Labute approximate surface area is 166 Å². The highest BCUT2D eigenvalue weighted by molar-refractivity contribution is 7.71. The van der Waals surface area contributed by atoms with Crippen LogP contribution in [0.2, 0.25) is 0 Å². The Balaban J connectivity index is 1.55. The second-order valence-electron chi connectivity index (χ2n) is 7.35. The quantitative estimate of drug-likeness (QED) is 0.606. The molecule has 3 aromatic rings. The summed E-state index contributed by atoms with van der Waals surface area (Å²) in [6.45, 7) is 1.02. The molecule has 5 nitrogen and oxygen atoms in total. The van der Waals surface area contributed by atoms with Gasteiger partial charge in [-0.2, -0.15) is 0 Å². The Morgan fingerprint density at radius 2 is 1.93 bits per heavy atom. The lowest BCUT2D eigenvalue weighted by Crippen LogP contribution is -2.33. The fraction of sp³-hybridized carbons (Fsp3) is 0.350. The van der Waals surface area contributed by atoms with Crippen LogP contribution in [-0.2, 0) is 13.1 Å². The Bertz CT molecular complexity index is 1090. The van der Waals surface area contributed by atoms with Gasteiger partial charge in [-0.05, 0) is 61.7 Å². The molecule has 0 bridgehead atoms. The molecule has 144 valence electrons. The number of rotatable bonds is 4. The standard InChI is InChI=1S/C20H19F2N5S/c21-15-10-14-2-1-9-25(18(14)17(22)11-15)12-26-20(28)27(16-3-4-16)19(24-26)13-5-7-23-8-6-13/h5-8,10-11,16H,1-4,9,12H2. The Hall–Kier alpha value is -2.61. The lowest BCUT2D eigenvalue weighted by atomic mass is 10.0. The minimum absolute atomic E-state index is 0.339. The summed E-state index contributed by atoms with van der Waals surface area (Å²) in [5, 5.41) is 4.76. The minimum Gasteiger partial charge on any atom is -0.349 e. The van der Waals surface area contributed by atoms with Crippen LogP contribution in [0, 0.1) is 16.4 Å². The van der Waals surface area contributed by atoms with E-state index in [9.17, 15) is 8.78 Å². The van der Waals surface area contributed by atoms with Crippen molar-refractivity contribution in [3.05, 3.63) is 58.6 Å². The maximum Gasteiger partial charge on any atom is 0.200 e. The summed E-state index contributed by atoms with van der Waals surface area (Å²) >= 11 is 5.72. The van der Waals surface area contributed by atoms with Crippen molar-refractivity contribution in [3.63, 3.8) is 0 Å². The molecule has 8 heteroatoms. The van der Waals surface area contributed by atoms with Gasteiger partial charge in [-0.1, -0.05) is 0 Å². The zero-order chi connectivity index (χ0) is 19.3. The van der Waals surface area contributed by atoms with Crippen molar-refractivity contribution in [2.45, 2.75) is 38.4 Å². The van der Waals surface area contributed by atoms with Crippen molar-refractivity contribution < 1.29 is 8.78 Å². The summed E-state index contributed by atoms with van der Waals surface area (Å²) in [6.07, 6.45) is 7.14. The number of benzene rings is 1. The van der Waals surface area contributed by atoms with E-state index in [1.165, 1.54) is 6.07 Å². The van der Waals surface area contributed by atoms with Crippen LogP contribution >= 0.6 is 12.2 Å².